The number of nitrogens with zero attached hydrogens (tertiary/aromatic N) is 6. The second-order valence-corrected chi connectivity index (χ2v) is 19.9. The van der Waals surface area contributed by atoms with Crippen LogP contribution in [-0.4, -0.2) is 148 Å². The molecule has 6 bridgehead atoms. The number of benzene rings is 2. The van der Waals surface area contributed by atoms with Crippen LogP contribution in [0.15, 0.2) is 54.7 Å². The van der Waals surface area contributed by atoms with Crippen molar-refractivity contribution < 1.29 is 43.3 Å². The minimum atomic E-state index is -1.22. The molecule has 368 valence electrons. The number of amides is 6. The quantitative estimate of drug-likeness (QED) is 0.106. The largest absolute Gasteiger partial charge is 0.508 e. The number of urea groups is 1. The number of phenols is 1. The van der Waals surface area contributed by atoms with E-state index in [4.69, 9.17) is 14.5 Å². The number of pyridine rings is 1. The molecular formula is C51H65N9O9. The zero-order valence-electron chi connectivity index (χ0n) is 40.8. The van der Waals surface area contributed by atoms with E-state index in [1.807, 2.05) is 25.1 Å². The molecule has 6 heterocycles. The Morgan fingerprint density at radius 1 is 1.04 bits per heavy atom. The fourth-order valence-electron chi connectivity index (χ4n) is 10.1. The molecule has 0 saturated carbocycles. The van der Waals surface area contributed by atoms with E-state index in [-0.39, 0.29) is 63.0 Å². The Hall–Kier alpha value is -6.37. The van der Waals surface area contributed by atoms with Crippen molar-refractivity contribution in [2.75, 3.05) is 53.5 Å². The van der Waals surface area contributed by atoms with E-state index in [0.29, 0.717) is 43.5 Å². The summed E-state index contributed by atoms with van der Waals surface area (Å²) < 4.78 is 14.2. The third-order valence-corrected chi connectivity index (χ3v) is 13.8. The van der Waals surface area contributed by atoms with Gasteiger partial charge in [-0.15, -0.1) is 0 Å². The molecule has 4 aliphatic rings. The number of hydrazine groups is 1. The summed E-state index contributed by atoms with van der Waals surface area (Å²) in [6.45, 7) is 13.1. The lowest BCUT2D eigenvalue weighted by molar-refractivity contribution is -0.155. The van der Waals surface area contributed by atoms with Crippen LogP contribution in [0.25, 0.3) is 33.3 Å². The molecule has 2 aromatic carbocycles. The number of likely N-dealkylation sites (N-methyl/N-ethyl adjacent to an activating group) is 1. The van der Waals surface area contributed by atoms with Gasteiger partial charge in [-0.05, 0) is 97.7 Å². The number of aryl methyl sites for hydroxylation is 1. The van der Waals surface area contributed by atoms with Crippen LogP contribution < -0.4 is 16.1 Å². The molecule has 0 aliphatic carbocycles. The summed E-state index contributed by atoms with van der Waals surface area (Å²) in [5, 5.41) is 19.5. The summed E-state index contributed by atoms with van der Waals surface area (Å²) >= 11 is 0. The fraction of sp³-hybridized carbons (Fsp3) is 0.510. The van der Waals surface area contributed by atoms with Crippen LogP contribution in [0.3, 0.4) is 0 Å². The van der Waals surface area contributed by atoms with Gasteiger partial charge in [-0.2, -0.15) is 0 Å². The molecule has 4 N–H and O–H groups in total. The second-order valence-electron chi connectivity index (χ2n) is 19.9. The first-order valence-electron chi connectivity index (χ1n) is 24.0. The molecule has 2 aromatic heterocycles. The Morgan fingerprint density at radius 3 is 2.51 bits per heavy atom. The number of phenolic OH excluding ortho intramolecular Hbond substituents is 1. The zero-order valence-corrected chi connectivity index (χ0v) is 40.8. The normalized spacial score (nSPS) is 21.7. The highest BCUT2D eigenvalue weighted by molar-refractivity contribution is 6.02. The first-order valence-corrected chi connectivity index (χ1v) is 24.0. The van der Waals surface area contributed by atoms with Gasteiger partial charge in [-0.1, -0.05) is 39.8 Å². The second kappa shape index (κ2) is 19.9. The molecule has 69 heavy (non-hydrogen) atoms. The maximum absolute atomic E-state index is 14.8. The maximum atomic E-state index is 14.8. The zero-order chi connectivity index (χ0) is 49.5. The summed E-state index contributed by atoms with van der Waals surface area (Å²) in [7, 11) is 3.14. The predicted octanol–water partition coefficient (Wildman–Crippen LogP) is 4.17. The van der Waals surface area contributed by atoms with Crippen molar-refractivity contribution in [3.8, 4) is 28.1 Å². The van der Waals surface area contributed by atoms with Crippen molar-refractivity contribution >= 4 is 46.5 Å². The van der Waals surface area contributed by atoms with Gasteiger partial charge in [0.05, 0.1) is 30.1 Å². The van der Waals surface area contributed by atoms with E-state index in [9.17, 15) is 33.9 Å². The number of imide groups is 1. The van der Waals surface area contributed by atoms with Gasteiger partial charge >= 0.3 is 12.0 Å². The molecule has 1 unspecified atom stereocenters. The van der Waals surface area contributed by atoms with Gasteiger partial charge < -0.3 is 39.6 Å². The third-order valence-electron chi connectivity index (χ3n) is 13.8. The minimum Gasteiger partial charge on any atom is -0.508 e. The number of cyclic esters (lactones) is 1. The Balaban J connectivity index is 1.16. The van der Waals surface area contributed by atoms with Crippen LogP contribution in [0.2, 0.25) is 0 Å². The molecule has 4 aromatic rings. The number of aromatic hydroxyl groups is 1. The van der Waals surface area contributed by atoms with E-state index < -0.39 is 59.2 Å². The molecule has 18 heteroatoms. The summed E-state index contributed by atoms with van der Waals surface area (Å²) in [6.07, 6.45) is 2.84. The average Bonchev–Trinajstić information content (AvgIpc) is 4.14. The van der Waals surface area contributed by atoms with Gasteiger partial charge in [0.2, 0.25) is 17.7 Å². The number of nitrogens with one attached hydrogen (secondary N) is 3. The molecule has 8 rings (SSSR count). The number of ether oxygens (including phenoxy) is 2. The number of fused-ring (bicyclic) bond motifs is 6. The van der Waals surface area contributed by atoms with Gasteiger partial charge in [0.15, 0.2) is 0 Å². The predicted molar refractivity (Wildman–Crippen MR) is 257 cm³/mol. The summed E-state index contributed by atoms with van der Waals surface area (Å²) in [5.74, 6) is -2.92. The molecule has 3 fully saturated rings. The SMILES string of the molecule is CCn1c(-c2cccnc2[C@H](C)OC)c2c3cc(ccc31)-c1cc(O)cc(c1)C[C@H](NC(=O)C(C(C)C)N(C)C(=O)N1CCN(C(=O)[C@@H]3CN3)C(=O)C1)C(=O)N1CCC[C@H](N1)C(=O)OCC(C)(C)C2. The summed E-state index contributed by atoms with van der Waals surface area (Å²) in [6, 6.07) is 11.2. The molecule has 0 spiro atoms. The number of methoxy groups -OCH3 is 1. The van der Waals surface area contributed by atoms with Crippen LogP contribution in [0, 0.1) is 11.3 Å². The monoisotopic (exact) mass is 947 g/mol. The number of hydrogen-bond acceptors (Lipinski definition) is 12. The lowest BCUT2D eigenvalue weighted by Gasteiger charge is -2.39. The average molecular weight is 948 g/mol. The third kappa shape index (κ3) is 10.2. The Kier molecular flexibility index (Phi) is 14.2. The fourth-order valence-corrected chi connectivity index (χ4v) is 10.1. The number of hydrogen-bond donors (Lipinski definition) is 4. The van der Waals surface area contributed by atoms with Crippen LogP contribution >= 0.6 is 0 Å². The van der Waals surface area contributed by atoms with Gasteiger partial charge in [0, 0.05) is 81.4 Å². The van der Waals surface area contributed by atoms with E-state index in [0.717, 1.165) is 43.9 Å². The standard InChI is InChI=1S/C51H65N9O9/c1-9-58-41-15-14-32-24-36(41)37(45(58)35-12-10-16-52-43(35)30(4)68-8)25-51(5,6)28-69-49(66)38-13-11-17-60(55-38)48(65)39(22-31-20-33(32)23-34(61)21-31)54-46(63)44(29(2)3)56(7)50(67)57-18-19-59(42(62)27-57)47(64)40-26-53-40/h10,12,14-16,20-21,23-24,29-30,38-40,44,53,55,61H,9,11,13,17-19,22,25-28H2,1-8H3,(H,54,63)/t30-,38-,39-,40-,44?/m0/s1. The van der Waals surface area contributed by atoms with Crippen LogP contribution in [0.1, 0.15) is 77.3 Å². The van der Waals surface area contributed by atoms with Crippen molar-refractivity contribution in [2.45, 2.75) is 104 Å². The molecule has 4 aliphatic heterocycles. The van der Waals surface area contributed by atoms with E-state index >= 15 is 0 Å². The highest BCUT2D eigenvalue weighted by atomic mass is 16.5. The van der Waals surface area contributed by atoms with Crippen molar-refractivity contribution in [1.82, 2.24) is 45.3 Å². The Morgan fingerprint density at radius 2 is 1.81 bits per heavy atom. The molecular weight excluding hydrogens is 883 g/mol. The first-order chi connectivity index (χ1) is 32.9. The minimum absolute atomic E-state index is 0.0353. The summed E-state index contributed by atoms with van der Waals surface area (Å²) in [5.41, 5.74) is 9.35. The Bertz CT molecular complexity index is 2660. The van der Waals surface area contributed by atoms with Crippen LogP contribution in [0.4, 0.5) is 4.79 Å². The van der Waals surface area contributed by atoms with Gasteiger partial charge in [-0.25, -0.2) is 10.2 Å². The highest BCUT2D eigenvalue weighted by Crippen LogP contribution is 2.42. The number of carbonyl (C=O) groups is 6. The van der Waals surface area contributed by atoms with E-state index in [1.54, 1.807) is 39.3 Å². The van der Waals surface area contributed by atoms with E-state index in [1.165, 1.54) is 21.9 Å². The van der Waals surface area contributed by atoms with Crippen molar-refractivity contribution in [3.63, 3.8) is 0 Å². The molecule has 0 radical (unpaired) electrons. The first kappa shape index (κ1) is 49.1. The molecule has 5 atom stereocenters. The van der Waals surface area contributed by atoms with Crippen molar-refractivity contribution in [1.29, 1.82) is 0 Å². The number of esters is 1. The maximum Gasteiger partial charge on any atom is 0.324 e. The van der Waals surface area contributed by atoms with E-state index in [2.05, 4.69) is 59.6 Å². The number of piperazine rings is 1. The Labute approximate surface area is 402 Å². The number of carbonyl (C=O) groups excluding carboxylic acids is 6. The lowest BCUT2D eigenvalue weighted by atomic mass is 9.84. The molecule has 6 amide bonds. The molecule has 3 saturated heterocycles. The smallest absolute Gasteiger partial charge is 0.324 e. The van der Waals surface area contributed by atoms with Gasteiger partial charge in [-0.3, -0.25) is 38.9 Å². The van der Waals surface area contributed by atoms with Gasteiger partial charge in [0.1, 0.15) is 30.4 Å². The van der Waals surface area contributed by atoms with Crippen LogP contribution in [0.5, 0.6) is 5.75 Å². The lowest BCUT2D eigenvalue weighted by Crippen LogP contribution is -2.63. The topological polar surface area (TPSA) is 218 Å². The highest BCUT2D eigenvalue weighted by Gasteiger charge is 2.42. The molecule has 18 nitrogen and oxygen atoms in total. The van der Waals surface area contributed by atoms with Crippen molar-refractivity contribution in [2.24, 2.45) is 11.3 Å². The number of aromatic nitrogens is 2. The van der Waals surface area contributed by atoms with Crippen LogP contribution in [-0.2, 0) is 52.8 Å². The van der Waals surface area contributed by atoms with Gasteiger partial charge in [0.25, 0.3) is 5.91 Å². The summed E-state index contributed by atoms with van der Waals surface area (Å²) in [4.78, 5) is 91.5. The van der Waals surface area contributed by atoms with Crippen molar-refractivity contribution in [3.05, 3.63) is 71.5 Å². The number of rotatable bonds is 9.